The van der Waals surface area contributed by atoms with Gasteiger partial charge in [-0.1, -0.05) is 42.5 Å². The first-order chi connectivity index (χ1) is 15.9. The molecule has 1 heterocycles. The molecule has 1 aromatic heterocycles. The predicted molar refractivity (Wildman–Crippen MR) is 134 cm³/mol. The number of rotatable bonds is 10. The minimum absolute atomic E-state index is 0.189. The van der Waals surface area contributed by atoms with Crippen LogP contribution in [0.2, 0.25) is 0 Å². The molecule has 1 atom stereocenters. The van der Waals surface area contributed by atoms with E-state index < -0.39 is 0 Å². The van der Waals surface area contributed by atoms with Crippen molar-refractivity contribution in [3.8, 4) is 5.75 Å². The Morgan fingerprint density at radius 3 is 2.52 bits per heavy atom. The van der Waals surface area contributed by atoms with Crippen molar-refractivity contribution in [1.29, 1.82) is 0 Å². The van der Waals surface area contributed by atoms with E-state index in [-0.39, 0.29) is 12.0 Å². The van der Waals surface area contributed by atoms with Gasteiger partial charge in [0, 0.05) is 11.0 Å². The van der Waals surface area contributed by atoms with Gasteiger partial charge in [0.15, 0.2) is 0 Å². The molecule has 0 spiro atoms. The summed E-state index contributed by atoms with van der Waals surface area (Å²) in [7, 11) is 0. The third-order valence-corrected chi connectivity index (χ3v) is 5.90. The Labute approximate surface area is 199 Å². The Kier molecular flexibility index (Phi) is 8.98. The number of ether oxygens (including phenoxy) is 2. The molecule has 3 aromatic rings. The predicted octanol–water partition coefficient (Wildman–Crippen LogP) is 5.88. The van der Waals surface area contributed by atoms with Gasteiger partial charge in [0.25, 0.3) is 0 Å². The number of hydrogen-bond acceptors (Lipinski definition) is 6. The van der Waals surface area contributed by atoms with Gasteiger partial charge in [0.05, 0.1) is 18.3 Å². The van der Waals surface area contributed by atoms with Crippen LogP contribution in [0, 0.1) is 0 Å². The van der Waals surface area contributed by atoms with Gasteiger partial charge in [-0.2, -0.15) is 0 Å². The van der Waals surface area contributed by atoms with E-state index in [1.54, 1.807) is 31.3 Å². The summed E-state index contributed by atoms with van der Waals surface area (Å²) in [6.45, 7) is 6.38. The Morgan fingerprint density at radius 1 is 1.09 bits per heavy atom. The molecule has 33 heavy (non-hydrogen) atoms. The van der Waals surface area contributed by atoms with E-state index in [1.165, 1.54) is 0 Å². The lowest BCUT2D eigenvalue weighted by molar-refractivity contribution is -0.138. The summed E-state index contributed by atoms with van der Waals surface area (Å²) in [5, 5.41) is 2.86. The normalized spacial score (nSPS) is 13.0. The highest BCUT2D eigenvalue weighted by atomic mass is 32.1. The number of nitrogens with zero attached hydrogens (tertiary/aromatic N) is 1. The minimum atomic E-state index is -0.303. The van der Waals surface area contributed by atoms with Crippen LogP contribution in [0.3, 0.4) is 0 Å². The van der Waals surface area contributed by atoms with E-state index in [4.69, 9.17) is 15.2 Å². The van der Waals surface area contributed by atoms with Crippen molar-refractivity contribution < 1.29 is 14.3 Å². The summed E-state index contributed by atoms with van der Waals surface area (Å²) >= 11 is 1.54. The Hall–Kier alpha value is -3.22. The van der Waals surface area contributed by atoms with E-state index in [2.05, 4.69) is 4.98 Å². The van der Waals surface area contributed by atoms with Crippen LogP contribution in [0.5, 0.6) is 5.75 Å². The molecule has 0 aliphatic carbocycles. The van der Waals surface area contributed by atoms with Gasteiger partial charge in [0.1, 0.15) is 17.4 Å². The van der Waals surface area contributed by atoms with E-state index in [0.29, 0.717) is 25.2 Å². The lowest BCUT2D eigenvalue weighted by atomic mass is 10.1. The van der Waals surface area contributed by atoms with Crippen LogP contribution in [0.4, 0.5) is 0 Å². The van der Waals surface area contributed by atoms with E-state index in [1.807, 2.05) is 73.0 Å². The fourth-order valence-corrected chi connectivity index (χ4v) is 4.04. The van der Waals surface area contributed by atoms with Crippen molar-refractivity contribution in [3.05, 3.63) is 99.0 Å². The summed E-state index contributed by atoms with van der Waals surface area (Å²) in [5.74, 6) is 0.530. The summed E-state index contributed by atoms with van der Waals surface area (Å²) in [6, 6.07) is 17.9. The lowest BCUT2D eigenvalue weighted by Crippen LogP contribution is -2.13. The number of carbonyl (C=O) groups is 1. The Bertz CT molecular complexity index is 1100. The van der Waals surface area contributed by atoms with Crippen molar-refractivity contribution in [3.63, 3.8) is 0 Å². The SMILES string of the molecule is CCOC(=O)/C(C)=C/C(C)=C/c1csc(C(N)Cc2ccc(OCc3ccccc3)cc2)n1. The molecular weight excluding hydrogens is 432 g/mol. The largest absolute Gasteiger partial charge is 0.489 e. The first kappa shape index (κ1) is 24.4. The van der Waals surface area contributed by atoms with Gasteiger partial charge >= 0.3 is 5.97 Å². The van der Waals surface area contributed by atoms with Crippen LogP contribution in [0.25, 0.3) is 6.08 Å². The summed E-state index contributed by atoms with van der Waals surface area (Å²) in [6.07, 6.45) is 4.43. The molecule has 3 rings (SSSR count). The maximum absolute atomic E-state index is 11.8. The smallest absolute Gasteiger partial charge is 0.333 e. The molecule has 0 radical (unpaired) electrons. The molecular formula is C27H30N2O3S. The number of nitrogens with two attached hydrogens (primary N) is 1. The number of aromatic nitrogens is 1. The molecule has 0 fully saturated rings. The number of allylic oxidation sites excluding steroid dienone is 2. The van der Waals surface area contributed by atoms with Crippen LogP contribution in [0.1, 0.15) is 48.6 Å². The topological polar surface area (TPSA) is 74.4 Å². The number of hydrogen-bond donors (Lipinski definition) is 1. The van der Waals surface area contributed by atoms with Gasteiger partial charge in [-0.3, -0.25) is 0 Å². The van der Waals surface area contributed by atoms with Gasteiger partial charge in [0.2, 0.25) is 0 Å². The number of benzene rings is 2. The zero-order valence-corrected chi connectivity index (χ0v) is 20.1. The second-order valence-corrected chi connectivity index (χ2v) is 8.67. The third-order valence-electron chi connectivity index (χ3n) is 4.90. The summed E-state index contributed by atoms with van der Waals surface area (Å²) < 4.78 is 10.9. The van der Waals surface area contributed by atoms with Crippen molar-refractivity contribution in [1.82, 2.24) is 4.98 Å². The molecule has 0 aliphatic rings. The summed E-state index contributed by atoms with van der Waals surface area (Å²) in [5.41, 5.74) is 11.0. The van der Waals surface area contributed by atoms with Crippen molar-refractivity contribution in [2.24, 2.45) is 5.73 Å². The average molecular weight is 463 g/mol. The van der Waals surface area contributed by atoms with E-state index >= 15 is 0 Å². The zero-order chi connectivity index (χ0) is 23.6. The van der Waals surface area contributed by atoms with Gasteiger partial charge < -0.3 is 15.2 Å². The fourth-order valence-electron chi connectivity index (χ4n) is 3.26. The van der Waals surface area contributed by atoms with Crippen LogP contribution in [0.15, 0.2) is 77.2 Å². The van der Waals surface area contributed by atoms with Crippen LogP contribution >= 0.6 is 11.3 Å². The molecule has 2 N–H and O–H groups in total. The van der Waals surface area contributed by atoms with Crippen LogP contribution in [-0.2, 0) is 22.6 Å². The lowest BCUT2D eigenvalue weighted by Gasteiger charge is -2.10. The van der Waals surface area contributed by atoms with Gasteiger partial charge in [-0.05, 0) is 68.2 Å². The molecule has 0 saturated heterocycles. The Balaban J connectivity index is 1.56. The van der Waals surface area contributed by atoms with E-state index in [9.17, 15) is 4.79 Å². The maximum atomic E-state index is 11.8. The van der Waals surface area contributed by atoms with Gasteiger partial charge in [-0.15, -0.1) is 11.3 Å². The number of thiazole rings is 1. The van der Waals surface area contributed by atoms with Crippen LogP contribution < -0.4 is 10.5 Å². The van der Waals surface area contributed by atoms with E-state index in [0.717, 1.165) is 33.2 Å². The Morgan fingerprint density at radius 2 is 1.82 bits per heavy atom. The first-order valence-electron chi connectivity index (χ1n) is 10.9. The average Bonchev–Trinajstić information content (AvgIpc) is 3.28. The summed E-state index contributed by atoms with van der Waals surface area (Å²) in [4.78, 5) is 16.4. The number of esters is 1. The number of carbonyl (C=O) groups excluding carboxylic acids is 1. The molecule has 172 valence electrons. The first-order valence-corrected chi connectivity index (χ1v) is 11.8. The molecule has 0 saturated carbocycles. The van der Waals surface area contributed by atoms with Crippen LogP contribution in [-0.4, -0.2) is 17.6 Å². The molecule has 6 heteroatoms. The van der Waals surface area contributed by atoms with Crippen molar-refractivity contribution >= 4 is 23.4 Å². The second-order valence-electron chi connectivity index (χ2n) is 7.78. The molecule has 0 bridgehead atoms. The zero-order valence-electron chi connectivity index (χ0n) is 19.3. The third kappa shape index (κ3) is 7.70. The standard InChI is InChI=1S/C27H30N2O3S/c1-4-31-27(30)20(3)14-19(2)15-23-18-33-26(29-23)25(28)16-21-10-12-24(13-11-21)32-17-22-8-6-5-7-9-22/h5-15,18,25H,4,16-17,28H2,1-3H3/b19-15+,20-14+. The van der Waals surface area contributed by atoms with Crippen molar-refractivity contribution in [2.75, 3.05) is 6.61 Å². The molecule has 0 amide bonds. The highest BCUT2D eigenvalue weighted by Crippen LogP contribution is 2.23. The highest BCUT2D eigenvalue weighted by Gasteiger charge is 2.12. The fraction of sp³-hybridized carbons (Fsp3) is 0.259. The van der Waals surface area contributed by atoms with Gasteiger partial charge in [-0.25, -0.2) is 9.78 Å². The molecule has 5 nitrogen and oxygen atoms in total. The minimum Gasteiger partial charge on any atom is -0.489 e. The monoisotopic (exact) mass is 462 g/mol. The maximum Gasteiger partial charge on any atom is 0.333 e. The quantitative estimate of drug-likeness (QED) is 0.231. The van der Waals surface area contributed by atoms with Crippen molar-refractivity contribution in [2.45, 2.75) is 39.8 Å². The second kappa shape index (κ2) is 12.1. The molecule has 2 aromatic carbocycles. The molecule has 0 aliphatic heterocycles. The highest BCUT2D eigenvalue weighted by molar-refractivity contribution is 7.09. The molecule has 1 unspecified atom stereocenters.